The lowest BCUT2D eigenvalue weighted by Crippen LogP contribution is -2.11. The molecule has 0 fully saturated rings. The SMILES string of the molecule is c1ccc(-c2ccccc2-c2ccccc2-c2ccccc2N(c2ccc(-c3ccccc3-n3c4ccccc4c4ccccc43)cc2)c2cccc3c2oc2ccccc23)cc1. The Kier molecular flexibility index (Phi) is 8.83. The molecule has 0 spiro atoms. The van der Waals surface area contributed by atoms with Crippen molar-refractivity contribution in [1.82, 2.24) is 4.57 Å². The molecule has 0 aliphatic rings. The number of benzene rings is 10. The Balaban J connectivity index is 1.05. The Morgan fingerprint density at radius 2 is 0.778 bits per heavy atom. The summed E-state index contributed by atoms with van der Waals surface area (Å²) in [6.45, 7) is 0. The molecule has 2 aromatic heterocycles. The second-order valence-electron chi connectivity index (χ2n) is 16.0. The first-order chi connectivity index (χ1) is 31.3. The first-order valence-electron chi connectivity index (χ1n) is 21.5. The van der Waals surface area contributed by atoms with Crippen LogP contribution in [0.25, 0.3) is 93.9 Å². The summed E-state index contributed by atoms with van der Waals surface area (Å²) in [5, 5.41) is 4.68. The molecule has 12 rings (SSSR count). The van der Waals surface area contributed by atoms with E-state index in [1.807, 2.05) is 6.07 Å². The van der Waals surface area contributed by atoms with Gasteiger partial charge in [-0.25, -0.2) is 0 Å². The Hall–Kier alpha value is -8.40. The summed E-state index contributed by atoms with van der Waals surface area (Å²) in [7, 11) is 0. The van der Waals surface area contributed by atoms with E-state index in [2.05, 4.69) is 246 Å². The van der Waals surface area contributed by atoms with Gasteiger partial charge in [-0.3, -0.25) is 0 Å². The van der Waals surface area contributed by atoms with Gasteiger partial charge in [0.25, 0.3) is 0 Å². The third kappa shape index (κ3) is 6.13. The maximum Gasteiger partial charge on any atom is 0.159 e. The zero-order chi connectivity index (χ0) is 41.7. The predicted molar refractivity (Wildman–Crippen MR) is 264 cm³/mol. The van der Waals surface area contributed by atoms with Crippen LogP contribution in [0, 0.1) is 0 Å². The summed E-state index contributed by atoms with van der Waals surface area (Å²) >= 11 is 0. The van der Waals surface area contributed by atoms with Crippen LogP contribution in [0.15, 0.2) is 247 Å². The minimum atomic E-state index is 0.844. The Morgan fingerprint density at radius 1 is 0.302 bits per heavy atom. The van der Waals surface area contributed by atoms with Crippen molar-refractivity contribution >= 4 is 60.8 Å². The maximum atomic E-state index is 6.79. The molecule has 63 heavy (non-hydrogen) atoms. The van der Waals surface area contributed by atoms with E-state index in [0.29, 0.717) is 0 Å². The Morgan fingerprint density at radius 3 is 1.49 bits per heavy atom. The molecule has 10 aromatic carbocycles. The van der Waals surface area contributed by atoms with Gasteiger partial charge in [0.05, 0.1) is 28.1 Å². The summed E-state index contributed by atoms with van der Waals surface area (Å²) < 4.78 is 9.20. The maximum absolute atomic E-state index is 6.79. The van der Waals surface area contributed by atoms with Crippen LogP contribution in [-0.4, -0.2) is 4.57 Å². The van der Waals surface area contributed by atoms with Crippen molar-refractivity contribution in [2.45, 2.75) is 0 Å². The second kappa shape index (κ2) is 15.3. The van der Waals surface area contributed by atoms with Crippen molar-refractivity contribution in [2.24, 2.45) is 0 Å². The molecule has 296 valence electrons. The van der Waals surface area contributed by atoms with Crippen LogP contribution in [0.1, 0.15) is 0 Å². The molecule has 2 heterocycles. The Bertz CT molecular complexity index is 3580. The third-order valence-electron chi connectivity index (χ3n) is 12.5. The van der Waals surface area contributed by atoms with E-state index in [1.54, 1.807) is 0 Å². The number of hydrogen-bond acceptors (Lipinski definition) is 2. The van der Waals surface area contributed by atoms with E-state index in [0.717, 1.165) is 66.9 Å². The molecule has 0 aliphatic heterocycles. The van der Waals surface area contributed by atoms with Crippen LogP contribution < -0.4 is 4.90 Å². The average Bonchev–Trinajstić information content (AvgIpc) is 3.91. The van der Waals surface area contributed by atoms with Crippen LogP contribution in [0.2, 0.25) is 0 Å². The van der Waals surface area contributed by atoms with Crippen molar-refractivity contribution in [3.63, 3.8) is 0 Å². The van der Waals surface area contributed by atoms with Crippen molar-refractivity contribution in [3.05, 3.63) is 243 Å². The van der Waals surface area contributed by atoms with Crippen LogP contribution in [0.3, 0.4) is 0 Å². The molecule has 0 atom stereocenters. The molecule has 0 saturated carbocycles. The summed E-state index contributed by atoms with van der Waals surface area (Å²) in [5.41, 5.74) is 17.6. The molecule has 3 nitrogen and oxygen atoms in total. The standard InChI is InChI=1S/C60H40N2O/c1-2-19-41(20-3-1)44-21-4-5-23-46(44)47-24-6-7-25-48(47)49-26-9-14-32-55(49)61(58-35-18-30-53-52-29-12-17-36-59(52)63-60(53)58)43-39-37-42(38-40-43)45-22-8-13-31-54(45)62-56-33-15-10-27-50(56)51-28-11-16-34-57(51)62/h1-40H. The number of nitrogens with zero attached hydrogens (tertiary/aromatic N) is 2. The lowest BCUT2D eigenvalue weighted by atomic mass is 9.88. The van der Waals surface area contributed by atoms with Gasteiger partial charge in [-0.1, -0.05) is 194 Å². The van der Waals surface area contributed by atoms with Gasteiger partial charge in [0.1, 0.15) is 5.58 Å². The Labute approximate surface area is 366 Å². The summed E-state index contributed by atoms with van der Waals surface area (Å²) in [6, 6.07) is 87.0. The molecule has 3 heteroatoms. The van der Waals surface area contributed by atoms with E-state index in [9.17, 15) is 0 Å². The summed E-state index contributed by atoms with van der Waals surface area (Å²) in [4.78, 5) is 2.38. The highest BCUT2D eigenvalue weighted by Crippen LogP contribution is 2.48. The molecule has 12 aromatic rings. The van der Waals surface area contributed by atoms with Gasteiger partial charge in [-0.15, -0.1) is 0 Å². The molecule has 0 aliphatic carbocycles. The van der Waals surface area contributed by atoms with Crippen molar-refractivity contribution in [3.8, 4) is 50.2 Å². The summed E-state index contributed by atoms with van der Waals surface area (Å²) in [5.74, 6) is 0. The zero-order valence-corrected chi connectivity index (χ0v) is 34.4. The number of para-hydroxylation sites is 6. The fourth-order valence-electron chi connectivity index (χ4n) is 9.64. The average molecular weight is 805 g/mol. The van der Waals surface area contributed by atoms with Crippen LogP contribution in [-0.2, 0) is 0 Å². The monoisotopic (exact) mass is 804 g/mol. The highest BCUT2D eigenvalue weighted by Gasteiger charge is 2.24. The fourth-order valence-corrected chi connectivity index (χ4v) is 9.64. The van der Waals surface area contributed by atoms with Crippen molar-refractivity contribution < 1.29 is 4.42 Å². The van der Waals surface area contributed by atoms with Crippen LogP contribution in [0.4, 0.5) is 17.1 Å². The topological polar surface area (TPSA) is 21.3 Å². The number of fused-ring (bicyclic) bond motifs is 6. The summed E-state index contributed by atoms with van der Waals surface area (Å²) in [6.07, 6.45) is 0. The van der Waals surface area contributed by atoms with Gasteiger partial charge in [0.15, 0.2) is 5.58 Å². The zero-order valence-electron chi connectivity index (χ0n) is 34.4. The number of anilines is 3. The van der Waals surface area contributed by atoms with Crippen LogP contribution in [0.5, 0.6) is 0 Å². The highest BCUT2D eigenvalue weighted by atomic mass is 16.3. The normalized spacial score (nSPS) is 11.5. The fraction of sp³-hybridized carbons (Fsp3) is 0. The molecule has 0 saturated heterocycles. The smallest absolute Gasteiger partial charge is 0.159 e. The van der Waals surface area contributed by atoms with Crippen molar-refractivity contribution in [1.29, 1.82) is 0 Å². The lowest BCUT2D eigenvalue weighted by Gasteiger charge is -2.29. The first-order valence-corrected chi connectivity index (χ1v) is 21.5. The molecular formula is C60H40N2O. The van der Waals surface area contributed by atoms with E-state index < -0.39 is 0 Å². The van der Waals surface area contributed by atoms with Gasteiger partial charge < -0.3 is 13.9 Å². The van der Waals surface area contributed by atoms with Gasteiger partial charge in [-0.05, 0) is 81.9 Å². The molecule has 0 amide bonds. The van der Waals surface area contributed by atoms with E-state index in [-0.39, 0.29) is 0 Å². The lowest BCUT2D eigenvalue weighted by molar-refractivity contribution is 0.669. The third-order valence-corrected chi connectivity index (χ3v) is 12.5. The van der Waals surface area contributed by atoms with Crippen molar-refractivity contribution in [2.75, 3.05) is 4.90 Å². The predicted octanol–water partition coefficient (Wildman–Crippen LogP) is 16.8. The van der Waals surface area contributed by atoms with E-state index >= 15 is 0 Å². The minimum Gasteiger partial charge on any atom is -0.454 e. The second-order valence-corrected chi connectivity index (χ2v) is 16.0. The number of aromatic nitrogens is 1. The quantitative estimate of drug-likeness (QED) is 0.153. The minimum absolute atomic E-state index is 0.844. The first kappa shape index (κ1) is 36.5. The van der Waals surface area contributed by atoms with Gasteiger partial charge in [0.2, 0.25) is 0 Å². The molecule has 0 bridgehead atoms. The highest BCUT2D eigenvalue weighted by molar-refractivity contribution is 6.12. The number of furan rings is 1. The largest absolute Gasteiger partial charge is 0.454 e. The van der Waals surface area contributed by atoms with E-state index in [4.69, 9.17) is 4.42 Å². The molecule has 0 unspecified atom stereocenters. The molecular weight excluding hydrogens is 765 g/mol. The van der Waals surface area contributed by atoms with Gasteiger partial charge in [-0.2, -0.15) is 0 Å². The number of hydrogen-bond donors (Lipinski definition) is 0. The molecule has 0 N–H and O–H groups in total. The number of rotatable bonds is 8. The van der Waals surface area contributed by atoms with E-state index in [1.165, 1.54) is 44.1 Å². The van der Waals surface area contributed by atoms with Gasteiger partial charge in [0, 0.05) is 38.4 Å². The van der Waals surface area contributed by atoms with Crippen LogP contribution >= 0.6 is 0 Å². The molecule has 0 radical (unpaired) electrons. The van der Waals surface area contributed by atoms with Gasteiger partial charge >= 0.3 is 0 Å².